The molecule has 0 fully saturated rings. The predicted octanol–water partition coefficient (Wildman–Crippen LogP) is 4.03. The van der Waals surface area contributed by atoms with E-state index in [1.165, 1.54) is 11.1 Å². The number of aliphatic hydroxyl groups excluding tert-OH is 1. The molecule has 0 aliphatic heterocycles. The van der Waals surface area contributed by atoms with Gasteiger partial charge >= 0.3 is 0 Å². The lowest BCUT2D eigenvalue weighted by molar-refractivity contribution is 0.107. The minimum absolute atomic E-state index is 0.272. The molecule has 0 bridgehead atoms. The first-order valence-electron chi connectivity index (χ1n) is 6.93. The number of hydrogen-bond acceptors (Lipinski definition) is 2. The number of hydrogen-bond donors (Lipinski definition) is 1. The first-order valence-corrected chi connectivity index (χ1v) is 6.93. The number of aryl methyl sites for hydroxylation is 3. The van der Waals surface area contributed by atoms with E-state index in [-0.39, 0.29) is 6.61 Å². The third-order valence-electron chi connectivity index (χ3n) is 3.74. The predicted molar refractivity (Wildman–Crippen MR) is 82.3 cm³/mol. The minimum atomic E-state index is -0.601. The van der Waals surface area contributed by atoms with Crippen LogP contribution in [0.1, 0.15) is 33.9 Å². The SMILES string of the molecule is Cc1ccc(C(O)COc2cccc(C)c2C)c(C)c1. The Bertz CT molecular complexity index is 602. The molecule has 106 valence electrons. The topological polar surface area (TPSA) is 29.5 Å². The van der Waals surface area contributed by atoms with Crippen molar-refractivity contribution in [2.24, 2.45) is 0 Å². The van der Waals surface area contributed by atoms with Crippen molar-refractivity contribution >= 4 is 0 Å². The Morgan fingerprint density at radius 3 is 2.45 bits per heavy atom. The molecule has 0 aliphatic rings. The number of benzene rings is 2. The first kappa shape index (κ1) is 14.6. The van der Waals surface area contributed by atoms with Gasteiger partial charge in [-0.25, -0.2) is 0 Å². The lowest BCUT2D eigenvalue weighted by Gasteiger charge is -2.17. The van der Waals surface area contributed by atoms with Crippen molar-refractivity contribution in [1.29, 1.82) is 0 Å². The monoisotopic (exact) mass is 270 g/mol. The van der Waals surface area contributed by atoms with Crippen LogP contribution in [0.4, 0.5) is 0 Å². The molecule has 2 nitrogen and oxygen atoms in total. The summed E-state index contributed by atoms with van der Waals surface area (Å²) in [6.45, 7) is 8.43. The van der Waals surface area contributed by atoms with Crippen molar-refractivity contribution in [3.8, 4) is 5.75 Å². The second-order valence-corrected chi connectivity index (χ2v) is 5.38. The summed E-state index contributed by atoms with van der Waals surface area (Å²) >= 11 is 0. The third kappa shape index (κ3) is 3.20. The summed E-state index contributed by atoms with van der Waals surface area (Å²) in [7, 11) is 0. The summed E-state index contributed by atoms with van der Waals surface area (Å²) in [6.07, 6.45) is -0.601. The standard InChI is InChI=1S/C18H22O2/c1-12-8-9-16(14(3)10-12)17(19)11-20-18-7-5-6-13(2)15(18)4/h5-10,17,19H,11H2,1-4H3. The Hall–Kier alpha value is -1.80. The Labute approximate surface area is 121 Å². The number of aliphatic hydroxyl groups is 1. The van der Waals surface area contributed by atoms with E-state index in [1.54, 1.807) is 0 Å². The van der Waals surface area contributed by atoms with Gasteiger partial charge in [0.15, 0.2) is 0 Å². The summed E-state index contributed by atoms with van der Waals surface area (Å²) in [5.41, 5.74) is 5.56. The Balaban J connectivity index is 2.08. The average molecular weight is 270 g/mol. The summed E-state index contributed by atoms with van der Waals surface area (Å²) in [5, 5.41) is 10.3. The van der Waals surface area contributed by atoms with Gasteiger partial charge in [-0.3, -0.25) is 0 Å². The maximum absolute atomic E-state index is 10.3. The van der Waals surface area contributed by atoms with Crippen LogP contribution >= 0.6 is 0 Å². The maximum atomic E-state index is 10.3. The molecule has 0 saturated carbocycles. The third-order valence-corrected chi connectivity index (χ3v) is 3.74. The van der Waals surface area contributed by atoms with Crippen LogP contribution < -0.4 is 4.74 Å². The van der Waals surface area contributed by atoms with Gasteiger partial charge in [-0.2, -0.15) is 0 Å². The van der Waals surface area contributed by atoms with E-state index < -0.39 is 6.10 Å². The van der Waals surface area contributed by atoms with Gasteiger partial charge in [0.1, 0.15) is 18.5 Å². The smallest absolute Gasteiger partial charge is 0.122 e. The van der Waals surface area contributed by atoms with Gasteiger partial charge in [-0.05, 0) is 56.0 Å². The van der Waals surface area contributed by atoms with Crippen LogP contribution in [0.25, 0.3) is 0 Å². The molecular weight excluding hydrogens is 248 g/mol. The van der Waals surface area contributed by atoms with E-state index in [1.807, 2.05) is 38.1 Å². The summed E-state index contributed by atoms with van der Waals surface area (Å²) < 4.78 is 5.77. The number of rotatable bonds is 4. The highest BCUT2D eigenvalue weighted by molar-refractivity contribution is 5.38. The van der Waals surface area contributed by atoms with Crippen molar-refractivity contribution < 1.29 is 9.84 Å². The Morgan fingerprint density at radius 1 is 1.00 bits per heavy atom. The molecule has 0 aromatic heterocycles. The van der Waals surface area contributed by atoms with Gasteiger partial charge in [-0.1, -0.05) is 35.9 Å². The van der Waals surface area contributed by atoms with Crippen molar-refractivity contribution in [2.45, 2.75) is 33.8 Å². The largest absolute Gasteiger partial charge is 0.490 e. The lowest BCUT2D eigenvalue weighted by Crippen LogP contribution is -2.11. The Kier molecular flexibility index (Phi) is 4.46. The zero-order valence-electron chi connectivity index (χ0n) is 12.6. The fourth-order valence-electron chi connectivity index (χ4n) is 2.34. The van der Waals surface area contributed by atoms with Gasteiger partial charge in [-0.15, -0.1) is 0 Å². The fraction of sp³-hybridized carbons (Fsp3) is 0.333. The second-order valence-electron chi connectivity index (χ2n) is 5.38. The van der Waals surface area contributed by atoms with E-state index in [2.05, 4.69) is 26.0 Å². The van der Waals surface area contributed by atoms with Gasteiger partial charge in [0.05, 0.1) is 0 Å². The molecule has 0 saturated heterocycles. The van der Waals surface area contributed by atoms with E-state index in [4.69, 9.17) is 4.74 Å². The fourth-order valence-corrected chi connectivity index (χ4v) is 2.34. The van der Waals surface area contributed by atoms with Crippen LogP contribution in [0.15, 0.2) is 36.4 Å². The zero-order valence-corrected chi connectivity index (χ0v) is 12.6. The molecule has 0 aliphatic carbocycles. The highest BCUT2D eigenvalue weighted by atomic mass is 16.5. The molecular formula is C18H22O2. The molecule has 1 N–H and O–H groups in total. The Morgan fingerprint density at radius 2 is 1.75 bits per heavy atom. The highest BCUT2D eigenvalue weighted by Crippen LogP contribution is 2.24. The quantitative estimate of drug-likeness (QED) is 0.908. The van der Waals surface area contributed by atoms with Gasteiger partial charge in [0.2, 0.25) is 0 Å². The average Bonchev–Trinajstić information content (AvgIpc) is 2.40. The minimum Gasteiger partial charge on any atom is -0.490 e. The molecule has 20 heavy (non-hydrogen) atoms. The van der Waals surface area contributed by atoms with Crippen molar-refractivity contribution in [3.63, 3.8) is 0 Å². The molecule has 0 amide bonds. The molecule has 0 radical (unpaired) electrons. The van der Waals surface area contributed by atoms with Crippen LogP contribution in [0.5, 0.6) is 5.75 Å². The summed E-state index contributed by atoms with van der Waals surface area (Å²) in [6, 6.07) is 12.0. The van der Waals surface area contributed by atoms with Crippen LogP contribution in [0, 0.1) is 27.7 Å². The molecule has 2 aromatic rings. The molecule has 0 heterocycles. The van der Waals surface area contributed by atoms with Crippen LogP contribution in [-0.4, -0.2) is 11.7 Å². The summed E-state index contributed by atoms with van der Waals surface area (Å²) in [5.74, 6) is 0.841. The summed E-state index contributed by atoms with van der Waals surface area (Å²) in [4.78, 5) is 0. The number of ether oxygens (including phenoxy) is 1. The molecule has 2 aromatic carbocycles. The van der Waals surface area contributed by atoms with Crippen LogP contribution in [0.2, 0.25) is 0 Å². The molecule has 2 heteroatoms. The van der Waals surface area contributed by atoms with Crippen LogP contribution in [-0.2, 0) is 0 Å². The van der Waals surface area contributed by atoms with Gasteiger partial charge < -0.3 is 9.84 Å². The highest BCUT2D eigenvalue weighted by Gasteiger charge is 2.12. The molecule has 2 rings (SSSR count). The zero-order chi connectivity index (χ0) is 14.7. The van der Waals surface area contributed by atoms with Crippen molar-refractivity contribution in [3.05, 3.63) is 64.2 Å². The van der Waals surface area contributed by atoms with Crippen molar-refractivity contribution in [2.75, 3.05) is 6.61 Å². The normalized spacial score (nSPS) is 12.2. The molecule has 1 atom stereocenters. The van der Waals surface area contributed by atoms with E-state index >= 15 is 0 Å². The lowest BCUT2D eigenvalue weighted by atomic mass is 10.0. The van der Waals surface area contributed by atoms with Gasteiger partial charge in [0.25, 0.3) is 0 Å². The van der Waals surface area contributed by atoms with E-state index in [0.29, 0.717) is 0 Å². The molecule has 0 spiro atoms. The van der Waals surface area contributed by atoms with Crippen molar-refractivity contribution in [1.82, 2.24) is 0 Å². The van der Waals surface area contributed by atoms with Crippen LogP contribution in [0.3, 0.4) is 0 Å². The van der Waals surface area contributed by atoms with E-state index in [0.717, 1.165) is 22.4 Å². The maximum Gasteiger partial charge on any atom is 0.122 e. The first-order chi connectivity index (χ1) is 9.49. The molecule has 1 unspecified atom stereocenters. The van der Waals surface area contributed by atoms with E-state index in [9.17, 15) is 5.11 Å². The van der Waals surface area contributed by atoms with Gasteiger partial charge in [0, 0.05) is 0 Å². The second kappa shape index (κ2) is 6.10.